The lowest BCUT2D eigenvalue weighted by molar-refractivity contribution is -0.141. The van der Waals surface area contributed by atoms with Gasteiger partial charge in [-0.1, -0.05) is 71.4 Å². The van der Waals surface area contributed by atoms with Gasteiger partial charge in [-0.05, 0) is 112 Å². The third kappa shape index (κ3) is 24.1. The Bertz CT molecular complexity index is 2890. The van der Waals surface area contributed by atoms with Crippen LogP contribution in [0.5, 0.6) is 11.5 Å². The summed E-state index contributed by atoms with van der Waals surface area (Å²) in [6.45, 7) is 10.5. The molecule has 7 rings (SSSR count). The summed E-state index contributed by atoms with van der Waals surface area (Å²) in [5.41, 5.74) is 4.74. The van der Waals surface area contributed by atoms with E-state index in [4.69, 9.17) is 40.0 Å². The molecule has 0 spiro atoms. The molecule has 0 bridgehead atoms. The number of nitrogens with one attached hydrogen (secondary N) is 3. The molecule has 6 aromatic rings. The van der Waals surface area contributed by atoms with Crippen molar-refractivity contribution in [2.45, 2.75) is 64.1 Å². The van der Waals surface area contributed by atoms with Crippen molar-refractivity contribution in [3.8, 4) is 11.5 Å². The van der Waals surface area contributed by atoms with Gasteiger partial charge >= 0.3 is 6.03 Å². The first-order valence-corrected chi connectivity index (χ1v) is 30.3. The van der Waals surface area contributed by atoms with E-state index in [1.807, 2.05) is 84.9 Å². The number of piperazine rings is 1. The second kappa shape index (κ2) is 36.7. The lowest BCUT2D eigenvalue weighted by Crippen LogP contribution is -2.47. The number of thiazole rings is 1. The van der Waals surface area contributed by atoms with Crippen LogP contribution >= 0.6 is 22.9 Å². The van der Waals surface area contributed by atoms with Gasteiger partial charge in [0.25, 0.3) is 0 Å². The number of likely N-dealkylation sites (N-methyl/N-ethyl adjacent to an activating group) is 2. The van der Waals surface area contributed by atoms with Gasteiger partial charge in [-0.2, -0.15) is 0 Å². The topological polar surface area (TPSA) is 216 Å². The molecule has 23 heteroatoms. The van der Waals surface area contributed by atoms with Gasteiger partial charge in [0.15, 0.2) is 5.13 Å². The van der Waals surface area contributed by atoms with Crippen molar-refractivity contribution in [3.05, 3.63) is 148 Å². The van der Waals surface area contributed by atoms with Gasteiger partial charge in [0.1, 0.15) is 24.1 Å². The number of carbonyl (C=O) groups is 4. The first-order chi connectivity index (χ1) is 41.5. The van der Waals surface area contributed by atoms with Crippen molar-refractivity contribution in [1.29, 1.82) is 0 Å². The number of amides is 5. The fourth-order valence-electron chi connectivity index (χ4n) is 9.13. The lowest BCUT2D eigenvalue weighted by atomic mass is 10.0. The molecule has 3 N–H and O–H groups in total. The maximum atomic E-state index is 14.0. The molecule has 1 aliphatic heterocycles. The molecule has 1 saturated heterocycles. The molecule has 4 aromatic carbocycles. The summed E-state index contributed by atoms with van der Waals surface area (Å²) in [4.78, 5) is 65.5. The summed E-state index contributed by atoms with van der Waals surface area (Å²) < 4.78 is 36.3. The number of carbonyl (C=O) groups excluding carboxylic acids is 4. The van der Waals surface area contributed by atoms with E-state index in [9.17, 15) is 19.2 Å². The summed E-state index contributed by atoms with van der Waals surface area (Å²) in [6.07, 6.45) is 6.01. The number of benzene rings is 4. The largest absolute Gasteiger partial charge is 0.494 e. The number of urea groups is 1. The molecule has 3 heterocycles. The number of anilines is 2. The Morgan fingerprint density at radius 1 is 0.694 bits per heavy atom. The predicted molar refractivity (Wildman–Crippen MR) is 328 cm³/mol. The molecule has 458 valence electrons. The van der Waals surface area contributed by atoms with Crippen LogP contribution in [0, 0.1) is 0 Å². The van der Waals surface area contributed by atoms with Gasteiger partial charge in [0.05, 0.1) is 70.6 Å². The number of hydrogen-bond acceptors (Lipinski definition) is 16. The highest BCUT2D eigenvalue weighted by atomic mass is 35.5. The van der Waals surface area contributed by atoms with E-state index in [0.717, 1.165) is 67.2 Å². The normalized spacial score (nSPS) is 12.9. The number of hydrogen-bond donors (Lipinski definition) is 3. The maximum Gasteiger partial charge on any atom is 0.325 e. The molecule has 1 aliphatic rings. The van der Waals surface area contributed by atoms with Crippen molar-refractivity contribution in [3.63, 3.8) is 0 Å². The smallest absolute Gasteiger partial charge is 0.325 e. The minimum absolute atomic E-state index is 0.0459. The Kier molecular flexibility index (Phi) is 28.3. The first-order valence-electron chi connectivity index (χ1n) is 29.1. The second-order valence-electron chi connectivity index (χ2n) is 20.6. The van der Waals surface area contributed by atoms with Crippen LogP contribution in [0.25, 0.3) is 0 Å². The van der Waals surface area contributed by atoms with E-state index in [-0.39, 0.29) is 30.6 Å². The van der Waals surface area contributed by atoms with Crippen LogP contribution in [0.3, 0.4) is 0 Å². The van der Waals surface area contributed by atoms with Crippen molar-refractivity contribution >= 4 is 57.5 Å². The lowest BCUT2D eigenvalue weighted by Gasteiger charge is -2.32. The molecular weight excluding hydrogens is 1130 g/mol. The predicted octanol–water partition coefficient (Wildman–Crippen LogP) is 7.67. The van der Waals surface area contributed by atoms with E-state index in [1.165, 1.54) is 11.3 Å². The van der Waals surface area contributed by atoms with Gasteiger partial charge in [-0.3, -0.25) is 19.7 Å². The first kappa shape index (κ1) is 65.5. The molecule has 0 aliphatic carbocycles. The van der Waals surface area contributed by atoms with Crippen LogP contribution in [-0.4, -0.2) is 190 Å². The number of aromatic nitrogens is 4. The summed E-state index contributed by atoms with van der Waals surface area (Å²) in [5.74, 6) is 1.12. The van der Waals surface area contributed by atoms with Gasteiger partial charge in [0.2, 0.25) is 17.7 Å². The number of unbranched alkanes of at least 4 members (excludes halogenated alkanes) is 1. The van der Waals surface area contributed by atoms with Gasteiger partial charge in [-0.25, -0.2) is 14.5 Å². The number of rotatable bonds is 38. The number of methoxy groups -OCH3 is 1. The zero-order chi connectivity index (χ0) is 59.9. The quantitative estimate of drug-likeness (QED) is 0.0317. The molecule has 0 saturated carbocycles. The van der Waals surface area contributed by atoms with E-state index in [2.05, 4.69) is 48.1 Å². The Morgan fingerprint density at radius 3 is 2.14 bits per heavy atom. The standard InChI is InChI=1S/C62H82ClN11O10S/c1-70(27-7-8-36-83-55-21-14-48(15-22-55)16-25-57(75)74(28-9-35-79-3)59(50-10-5-4-6-11-50)60(77)64-45-49-12-17-51(63)18-13-49)33-38-81-41-40-80-37-26-53-46-73(69-68-53)34-39-82-42-43-84-56-23-19-52(20-24-56)65-61(78)67-62-66-54(47-85-62)44-58(76)72-31-29-71(2)30-32-72/h4-6,10-15,17-24,46-47,59H,7-9,16,25-45H2,1-3H3,(H,64,77)(H2,65,66,67,78). The highest BCUT2D eigenvalue weighted by molar-refractivity contribution is 7.14. The molecule has 1 fully saturated rings. The minimum atomic E-state index is -0.798. The van der Waals surface area contributed by atoms with Gasteiger partial charge < -0.3 is 58.7 Å². The summed E-state index contributed by atoms with van der Waals surface area (Å²) >= 11 is 7.35. The van der Waals surface area contributed by atoms with Crippen LogP contribution in [0.1, 0.15) is 59.8 Å². The zero-order valence-corrected chi connectivity index (χ0v) is 50.7. The molecule has 5 amide bonds. The highest BCUT2D eigenvalue weighted by Crippen LogP contribution is 2.25. The zero-order valence-electron chi connectivity index (χ0n) is 49.2. The summed E-state index contributed by atoms with van der Waals surface area (Å²) in [7, 11) is 5.77. The minimum Gasteiger partial charge on any atom is -0.494 e. The molecule has 0 radical (unpaired) electrons. The number of nitrogens with zero attached hydrogens (tertiary/aromatic N) is 8. The van der Waals surface area contributed by atoms with Crippen molar-refractivity contribution in [2.75, 3.05) is 137 Å². The van der Waals surface area contributed by atoms with Crippen molar-refractivity contribution < 1.29 is 47.6 Å². The van der Waals surface area contributed by atoms with Gasteiger partial charge in [-0.15, -0.1) is 16.4 Å². The monoisotopic (exact) mass is 1210 g/mol. The number of ether oxygens (including phenoxy) is 6. The fraction of sp³-hybridized carbons (Fsp3) is 0.468. The summed E-state index contributed by atoms with van der Waals surface area (Å²) in [6, 6.07) is 30.5. The maximum absolute atomic E-state index is 14.0. The van der Waals surface area contributed by atoms with Crippen LogP contribution in [0.15, 0.2) is 115 Å². The molecular formula is C62H82ClN11O10S. The average molecular weight is 1210 g/mol. The highest BCUT2D eigenvalue weighted by Gasteiger charge is 2.31. The Hall–Kier alpha value is -7.02. The van der Waals surface area contributed by atoms with E-state index in [0.29, 0.717) is 139 Å². The Balaban J connectivity index is 0.665. The van der Waals surface area contributed by atoms with Crippen molar-refractivity contribution in [1.82, 2.24) is 44.9 Å². The third-order valence-corrected chi connectivity index (χ3v) is 15.0. The van der Waals surface area contributed by atoms with Crippen LogP contribution in [-0.2, 0) is 65.7 Å². The van der Waals surface area contributed by atoms with Crippen LogP contribution in [0.2, 0.25) is 5.02 Å². The molecule has 2 aromatic heterocycles. The summed E-state index contributed by atoms with van der Waals surface area (Å²) in [5, 5.41) is 19.9. The van der Waals surface area contributed by atoms with E-state index in [1.54, 1.807) is 58.5 Å². The van der Waals surface area contributed by atoms with Crippen molar-refractivity contribution in [2.24, 2.45) is 0 Å². The number of aryl methyl sites for hydroxylation is 1. The van der Waals surface area contributed by atoms with E-state index >= 15 is 0 Å². The third-order valence-electron chi connectivity index (χ3n) is 14.0. The van der Waals surface area contributed by atoms with Crippen LogP contribution in [0.4, 0.5) is 15.6 Å². The average Bonchev–Trinajstić information content (AvgIpc) is 4.22. The molecule has 1 atom stereocenters. The second-order valence-corrected chi connectivity index (χ2v) is 21.9. The van der Waals surface area contributed by atoms with E-state index < -0.39 is 12.1 Å². The van der Waals surface area contributed by atoms with Crippen LogP contribution < -0.4 is 25.4 Å². The Labute approximate surface area is 508 Å². The molecule has 85 heavy (non-hydrogen) atoms. The molecule has 1 unspecified atom stereocenters. The van der Waals surface area contributed by atoms with Gasteiger partial charge in [0, 0.05) is 94.7 Å². The SMILES string of the molecule is COCCCN(C(=O)CCc1ccc(OCCCCN(C)CCOCCOCCc2cn(CCOCCOc3ccc(NC(=O)Nc4nc(CC(=O)N5CCN(C)CC5)cs4)cc3)nn2)cc1)C(C(=O)NCc1ccc(Cl)cc1)c1ccccc1. The number of halogens is 1. The Morgan fingerprint density at radius 2 is 1.39 bits per heavy atom. The fourth-order valence-corrected chi connectivity index (χ4v) is 9.96. The molecule has 21 nitrogen and oxygen atoms in total.